The third kappa shape index (κ3) is 2.57. The second-order valence-electron chi connectivity index (χ2n) is 4.63. The Bertz CT molecular complexity index is 568. The van der Waals surface area contributed by atoms with Crippen molar-refractivity contribution in [3.8, 4) is 0 Å². The minimum absolute atomic E-state index is 0.660. The highest BCUT2D eigenvalue weighted by Crippen LogP contribution is 2.22. The molecule has 3 rings (SSSR count). The number of para-hydroxylation sites is 2. The topological polar surface area (TPSA) is 6.48 Å². The maximum Gasteiger partial charge on any atom is 0.103 e. The van der Waals surface area contributed by atoms with E-state index < -0.39 is 0 Å². The first-order chi connectivity index (χ1) is 9.75. The van der Waals surface area contributed by atoms with E-state index in [1.807, 2.05) is 36.4 Å². The van der Waals surface area contributed by atoms with Gasteiger partial charge < -0.3 is 9.80 Å². The van der Waals surface area contributed by atoms with Crippen molar-refractivity contribution in [3.63, 3.8) is 0 Å². The first-order valence-electron chi connectivity index (χ1n) is 6.46. The lowest BCUT2D eigenvalue weighted by Crippen LogP contribution is -2.52. The van der Waals surface area contributed by atoms with Crippen LogP contribution in [0.2, 0.25) is 0 Å². The predicted octanol–water partition coefficient (Wildman–Crippen LogP) is 3.67. The zero-order chi connectivity index (χ0) is 13.9. The van der Waals surface area contributed by atoms with E-state index in [0.717, 1.165) is 21.4 Å². The molecule has 4 heteroatoms. The van der Waals surface area contributed by atoms with Crippen molar-refractivity contribution in [1.29, 1.82) is 0 Å². The quantitative estimate of drug-likeness (QED) is 0.780. The number of anilines is 2. The zero-order valence-corrected chi connectivity index (χ0v) is 12.5. The minimum atomic E-state index is 0.660. The monoisotopic (exact) mass is 298 g/mol. The summed E-state index contributed by atoms with van der Waals surface area (Å²) in [7, 11) is 0. The van der Waals surface area contributed by atoms with E-state index in [0.29, 0.717) is 13.1 Å². The number of hydrogen-bond acceptors (Lipinski definition) is 2. The standard InChI is InChI=1S/C16H14N2S2/c19-15-12-18(14-9-5-2-6-10-14)16(20)11-17(15)13-7-3-1-4-8-13/h1-10H,11-12H2. The minimum Gasteiger partial charge on any atom is -0.328 e. The van der Waals surface area contributed by atoms with Gasteiger partial charge in [0.05, 0.1) is 13.1 Å². The molecule has 0 N–H and O–H groups in total. The van der Waals surface area contributed by atoms with Gasteiger partial charge in [-0.15, -0.1) is 0 Å². The summed E-state index contributed by atoms with van der Waals surface area (Å²) in [6.45, 7) is 1.32. The Kier molecular flexibility index (Phi) is 3.76. The molecule has 100 valence electrons. The highest BCUT2D eigenvalue weighted by molar-refractivity contribution is 7.81. The average Bonchev–Trinajstić information content (AvgIpc) is 2.51. The molecule has 0 spiro atoms. The first-order valence-corrected chi connectivity index (χ1v) is 7.28. The van der Waals surface area contributed by atoms with Gasteiger partial charge in [-0.1, -0.05) is 60.8 Å². The number of hydrogen-bond donors (Lipinski definition) is 0. The van der Waals surface area contributed by atoms with Crippen molar-refractivity contribution in [1.82, 2.24) is 0 Å². The van der Waals surface area contributed by atoms with Crippen molar-refractivity contribution >= 4 is 45.8 Å². The molecule has 1 fully saturated rings. The van der Waals surface area contributed by atoms with Gasteiger partial charge in [0.2, 0.25) is 0 Å². The molecule has 0 atom stereocenters. The molecule has 2 aromatic rings. The molecular formula is C16H14N2S2. The van der Waals surface area contributed by atoms with Gasteiger partial charge >= 0.3 is 0 Å². The SMILES string of the molecule is S=C1CN(c2ccccc2)C(=S)CN1c1ccccc1. The van der Waals surface area contributed by atoms with Crippen molar-refractivity contribution in [2.45, 2.75) is 0 Å². The highest BCUT2D eigenvalue weighted by Gasteiger charge is 2.26. The molecule has 0 aliphatic carbocycles. The number of benzene rings is 2. The molecule has 0 unspecified atom stereocenters. The van der Waals surface area contributed by atoms with E-state index in [9.17, 15) is 0 Å². The van der Waals surface area contributed by atoms with Crippen molar-refractivity contribution in [3.05, 3.63) is 60.7 Å². The van der Waals surface area contributed by atoms with Gasteiger partial charge in [0, 0.05) is 11.4 Å². The largest absolute Gasteiger partial charge is 0.328 e. The van der Waals surface area contributed by atoms with Crippen LogP contribution in [-0.4, -0.2) is 23.1 Å². The first kappa shape index (κ1) is 13.2. The third-order valence-corrected chi connectivity index (χ3v) is 4.02. The van der Waals surface area contributed by atoms with E-state index >= 15 is 0 Å². The Hall–Kier alpha value is -1.78. The maximum atomic E-state index is 5.56. The smallest absolute Gasteiger partial charge is 0.103 e. The van der Waals surface area contributed by atoms with Gasteiger partial charge in [0.1, 0.15) is 9.98 Å². The summed E-state index contributed by atoms with van der Waals surface area (Å²) in [5, 5.41) is 0. The van der Waals surface area contributed by atoms with E-state index in [1.54, 1.807) is 0 Å². The highest BCUT2D eigenvalue weighted by atomic mass is 32.1. The van der Waals surface area contributed by atoms with Crippen LogP contribution in [-0.2, 0) is 0 Å². The Morgan fingerprint density at radius 2 is 0.950 bits per heavy atom. The summed E-state index contributed by atoms with van der Waals surface area (Å²) in [5.41, 5.74) is 2.21. The van der Waals surface area contributed by atoms with Crippen LogP contribution in [0, 0.1) is 0 Å². The molecule has 1 aliphatic heterocycles. The van der Waals surface area contributed by atoms with Crippen molar-refractivity contribution in [2.75, 3.05) is 22.9 Å². The van der Waals surface area contributed by atoms with E-state index in [-0.39, 0.29) is 0 Å². The molecular weight excluding hydrogens is 284 g/mol. The van der Waals surface area contributed by atoms with Gasteiger partial charge in [-0.25, -0.2) is 0 Å². The summed E-state index contributed by atoms with van der Waals surface area (Å²) < 4.78 is 0. The number of rotatable bonds is 2. The fourth-order valence-electron chi connectivity index (χ4n) is 2.30. The lowest BCUT2D eigenvalue weighted by Gasteiger charge is -2.38. The van der Waals surface area contributed by atoms with Crippen LogP contribution in [0.4, 0.5) is 11.4 Å². The molecule has 0 saturated carbocycles. The van der Waals surface area contributed by atoms with Gasteiger partial charge in [-0.3, -0.25) is 0 Å². The molecule has 20 heavy (non-hydrogen) atoms. The lowest BCUT2D eigenvalue weighted by atomic mass is 10.2. The second kappa shape index (κ2) is 5.69. The molecule has 1 heterocycles. The third-order valence-electron chi connectivity index (χ3n) is 3.32. The van der Waals surface area contributed by atoms with Gasteiger partial charge in [0.15, 0.2) is 0 Å². The van der Waals surface area contributed by atoms with Gasteiger partial charge in [-0.05, 0) is 24.3 Å². The zero-order valence-electron chi connectivity index (χ0n) is 10.9. The summed E-state index contributed by atoms with van der Waals surface area (Å²) in [6, 6.07) is 20.3. The van der Waals surface area contributed by atoms with E-state index in [2.05, 4.69) is 34.1 Å². The number of nitrogens with zero attached hydrogens (tertiary/aromatic N) is 2. The summed E-state index contributed by atoms with van der Waals surface area (Å²) in [6.07, 6.45) is 0. The number of piperazine rings is 1. The van der Waals surface area contributed by atoms with Crippen LogP contribution in [0.25, 0.3) is 0 Å². The van der Waals surface area contributed by atoms with Crippen LogP contribution in [0.1, 0.15) is 0 Å². The van der Waals surface area contributed by atoms with Crippen LogP contribution in [0.5, 0.6) is 0 Å². The Morgan fingerprint density at radius 1 is 0.600 bits per heavy atom. The second-order valence-corrected chi connectivity index (χ2v) is 5.57. The van der Waals surface area contributed by atoms with Gasteiger partial charge in [-0.2, -0.15) is 0 Å². The fraction of sp³-hybridized carbons (Fsp3) is 0.125. The molecule has 2 nitrogen and oxygen atoms in total. The normalized spacial score (nSPS) is 15.6. The fourth-order valence-corrected chi connectivity index (χ4v) is 2.90. The van der Waals surface area contributed by atoms with E-state index in [1.165, 1.54) is 0 Å². The summed E-state index contributed by atoms with van der Waals surface area (Å²) in [4.78, 5) is 6.01. The average molecular weight is 298 g/mol. The molecule has 1 saturated heterocycles. The molecule has 0 amide bonds. The predicted molar refractivity (Wildman–Crippen MR) is 92.8 cm³/mol. The number of thiocarbonyl (C=S) groups is 2. The van der Waals surface area contributed by atoms with Gasteiger partial charge in [0.25, 0.3) is 0 Å². The molecule has 0 radical (unpaired) electrons. The molecule has 0 bridgehead atoms. The molecule has 0 aromatic heterocycles. The van der Waals surface area contributed by atoms with Crippen molar-refractivity contribution in [2.24, 2.45) is 0 Å². The Balaban J connectivity index is 1.84. The van der Waals surface area contributed by atoms with E-state index in [4.69, 9.17) is 24.4 Å². The summed E-state index contributed by atoms with van der Waals surface area (Å²) >= 11 is 11.1. The van der Waals surface area contributed by atoms with Crippen LogP contribution < -0.4 is 9.80 Å². The lowest BCUT2D eigenvalue weighted by molar-refractivity contribution is 1.04. The van der Waals surface area contributed by atoms with Crippen LogP contribution in [0.3, 0.4) is 0 Å². The molecule has 1 aliphatic rings. The molecule has 2 aromatic carbocycles. The van der Waals surface area contributed by atoms with Crippen molar-refractivity contribution < 1.29 is 0 Å². The van der Waals surface area contributed by atoms with Crippen LogP contribution in [0.15, 0.2) is 60.7 Å². The van der Waals surface area contributed by atoms with Crippen LogP contribution >= 0.6 is 24.4 Å². The maximum absolute atomic E-state index is 5.56. The summed E-state index contributed by atoms with van der Waals surface area (Å²) in [5.74, 6) is 0. The Labute approximate surface area is 129 Å². The Morgan fingerprint density at radius 3 is 1.30 bits per heavy atom.